The van der Waals surface area contributed by atoms with E-state index in [-0.39, 0.29) is 12.0 Å². The van der Waals surface area contributed by atoms with E-state index in [0.29, 0.717) is 5.56 Å². The highest BCUT2D eigenvalue weighted by Crippen LogP contribution is 1.94. The molecule has 15 heavy (non-hydrogen) atoms. The van der Waals surface area contributed by atoms with E-state index < -0.39 is 11.5 Å². The first kappa shape index (κ1) is 10.6. The Hall–Kier alpha value is -2.53. The Morgan fingerprint density at radius 2 is 2.33 bits per heavy atom. The summed E-state index contributed by atoms with van der Waals surface area (Å²) in [6.45, 7) is 0. The van der Waals surface area contributed by atoms with Gasteiger partial charge in [-0.05, 0) is 6.07 Å². The van der Waals surface area contributed by atoms with Crippen LogP contribution in [0.1, 0.15) is 17.5 Å². The number of pyridine rings is 1. The van der Waals surface area contributed by atoms with Gasteiger partial charge in [0.25, 0.3) is 5.56 Å². The maximum atomic E-state index is 11.0. The molecule has 0 radical (unpaired) electrons. The SMILES string of the molecule is N#Cc1cc(C#CCC(N)=O)c[nH]c1=O. The second kappa shape index (κ2) is 4.64. The minimum absolute atomic E-state index is 0.0131. The summed E-state index contributed by atoms with van der Waals surface area (Å²) >= 11 is 0. The van der Waals surface area contributed by atoms with Gasteiger partial charge in [0.2, 0.25) is 5.91 Å². The van der Waals surface area contributed by atoms with Gasteiger partial charge in [-0.2, -0.15) is 5.26 Å². The number of hydrogen-bond acceptors (Lipinski definition) is 3. The molecule has 1 heterocycles. The molecule has 1 aromatic heterocycles. The van der Waals surface area contributed by atoms with Crippen molar-refractivity contribution in [2.45, 2.75) is 6.42 Å². The third kappa shape index (κ3) is 3.02. The van der Waals surface area contributed by atoms with Crippen molar-refractivity contribution >= 4 is 5.91 Å². The fourth-order valence-electron chi connectivity index (χ4n) is 0.872. The van der Waals surface area contributed by atoms with Crippen LogP contribution in [-0.4, -0.2) is 10.9 Å². The molecular weight excluding hydrogens is 194 g/mol. The number of nitriles is 1. The zero-order chi connectivity index (χ0) is 11.3. The molecule has 1 amide bonds. The predicted molar refractivity (Wildman–Crippen MR) is 52.5 cm³/mol. The number of aromatic amines is 1. The van der Waals surface area contributed by atoms with Crippen molar-refractivity contribution in [3.63, 3.8) is 0 Å². The van der Waals surface area contributed by atoms with Gasteiger partial charge in [-0.1, -0.05) is 11.8 Å². The van der Waals surface area contributed by atoms with Crippen molar-refractivity contribution < 1.29 is 4.79 Å². The van der Waals surface area contributed by atoms with Crippen LogP contribution in [0, 0.1) is 23.2 Å². The highest BCUT2D eigenvalue weighted by molar-refractivity contribution is 5.76. The van der Waals surface area contributed by atoms with Gasteiger partial charge in [0.15, 0.2) is 0 Å². The second-order valence-electron chi connectivity index (χ2n) is 2.69. The van der Waals surface area contributed by atoms with Crippen molar-refractivity contribution in [2.24, 2.45) is 5.73 Å². The molecule has 0 unspecified atom stereocenters. The first-order chi connectivity index (χ1) is 7.13. The van der Waals surface area contributed by atoms with Crippen LogP contribution in [0.3, 0.4) is 0 Å². The van der Waals surface area contributed by atoms with E-state index in [4.69, 9.17) is 11.0 Å². The van der Waals surface area contributed by atoms with Gasteiger partial charge in [0, 0.05) is 11.8 Å². The topological polar surface area (TPSA) is 99.7 Å². The van der Waals surface area contributed by atoms with Crippen LogP contribution in [0.15, 0.2) is 17.1 Å². The molecule has 0 saturated carbocycles. The molecular formula is C10H7N3O2. The summed E-state index contributed by atoms with van der Waals surface area (Å²) in [7, 11) is 0. The number of primary amides is 1. The number of H-pyrrole nitrogens is 1. The lowest BCUT2D eigenvalue weighted by atomic mass is 10.2. The summed E-state index contributed by atoms with van der Waals surface area (Å²) in [6.07, 6.45) is 1.32. The van der Waals surface area contributed by atoms with E-state index in [1.54, 1.807) is 6.07 Å². The van der Waals surface area contributed by atoms with E-state index in [0.717, 1.165) is 0 Å². The molecule has 74 valence electrons. The Balaban J connectivity index is 2.97. The molecule has 0 aliphatic heterocycles. The Kier molecular flexibility index (Phi) is 3.26. The number of carbonyl (C=O) groups is 1. The molecule has 0 saturated heterocycles. The summed E-state index contributed by atoms with van der Waals surface area (Å²) in [5.41, 5.74) is 4.88. The lowest BCUT2D eigenvalue weighted by molar-refractivity contribution is -0.117. The number of rotatable bonds is 1. The number of nitrogens with zero attached hydrogens (tertiary/aromatic N) is 1. The quantitative estimate of drug-likeness (QED) is 0.597. The third-order valence-electron chi connectivity index (χ3n) is 1.52. The Labute approximate surface area is 85.5 Å². The molecule has 0 bridgehead atoms. The average Bonchev–Trinajstić information content (AvgIpc) is 2.20. The zero-order valence-corrected chi connectivity index (χ0v) is 7.70. The lowest BCUT2D eigenvalue weighted by Crippen LogP contribution is -2.09. The van der Waals surface area contributed by atoms with Gasteiger partial charge in [-0.15, -0.1) is 0 Å². The van der Waals surface area contributed by atoms with Gasteiger partial charge in [0.05, 0.1) is 6.42 Å². The van der Waals surface area contributed by atoms with Crippen LogP contribution in [0.2, 0.25) is 0 Å². The van der Waals surface area contributed by atoms with Crippen molar-refractivity contribution in [1.82, 2.24) is 4.98 Å². The molecule has 5 heteroatoms. The largest absolute Gasteiger partial charge is 0.369 e. The van der Waals surface area contributed by atoms with Crippen molar-refractivity contribution in [2.75, 3.05) is 0 Å². The first-order valence-electron chi connectivity index (χ1n) is 4.03. The van der Waals surface area contributed by atoms with Crippen LogP contribution in [0.25, 0.3) is 0 Å². The number of amides is 1. The van der Waals surface area contributed by atoms with Crippen LogP contribution in [0.4, 0.5) is 0 Å². The normalized spacial score (nSPS) is 8.47. The van der Waals surface area contributed by atoms with Crippen LogP contribution < -0.4 is 11.3 Å². The number of carbonyl (C=O) groups excluding carboxylic acids is 1. The van der Waals surface area contributed by atoms with Gasteiger partial charge >= 0.3 is 0 Å². The predicted octanol–water partition coefficient (Wildman–Crippen LogP) is -0.527. The number of nitrogens with one attached hydrogen (secondary N) is 1. The van der Waals surface area contributed by atoms with E-state index >= 15 is 0 Å². The Morgan fingerprint density at radius 3 is 2.93 bits per heavy atom. The van der Waals surface area contributed by atoms with E-state index in [1.165, 1.54) is 12.3 Å². The van der Waals surface area contributed by atoms with Crippen molar-refractivity contribution in [3.8, 4) is 17.9 Å². The smallest absolute Gasteiger partial charge is 0.265 e. The van der Waals surface area contributed by atoms with Crippen LogP contribution >= 0.6 is 0 Å². The van der Waals surface area contributed by atoms with E-state index in [2.05, 4.69) is 16.8 Å². The summed E-state index contributed by atoms with van der Waals surface area (Å²) < 4.78 is 0. The van der Waals surface area contributed by atoms with Crippen molar-refractivity contribution in [3.05, 3.63) is 33.7 Å². The lowest BCUT2D eigenvalue weighted by Gasteiger charge is -1.90. The number of hydrogen-bond donors (Lipinski definition) is 2. The average molecular weight is 201 g/mol. The van der Waals surface area contributed by atoms with E-state index in [9.17, 15) is 9.59 Å². The third-order valence-corrected chi connectivity index (χ3v) is 1.52. The van der Waals surface area contributed by atoms with Gasteiger partial charge in [-0.25, -0.2) is 0 Å². The van der Waals surface area contributed by atoms with Crippen molar-refractivity contribution in [1.29, 1.82) is 5.26 Å². The van der Waals surface area contributed by atoms with Gasteiger partial charge in [-0.3, -0.25) is 9.59 Å². The molecule has 5 nitrogen and oxygen atoms in total. The molecule has 3 N–H and O–H groups in total. The first-order valence-corrected chi connectivity index (χ1v) is 4.03. The maximum absolute atomic E-state index is 11.0. The Morgan fingerprint density at radius 1 is 1.60 bits per heavy atom. The van der Waals surface area contributed by atoms with Crippen LogP contribution in [-0.2, 0) is 4.79 Å². The molecule has 0 aromatic carbocycles. The summed E-state index contributed by atoms with van der Waals surface area (Å²) in [6, 6.07) is 3.09. The zero-order valence-electron chi connectivity index (χ0n) is 7.70. The monoisotopic (exact) mass is 201 g/mol. The van der Waals surface area contributed by atoms with E-state index in [1.807, 2.05) is 0 Å². The number of nitrogens with two attached hydrogens (primary N) is 1. The highest BCUT2D eigenvalue weighted by Gasteiger charge is 1.97. The summed E-state index contributed by atoms with van der Waals surface area (Å²) in [5, 5.41) is 8.56. The highest BCUT2D eigenvalue weighted by atomic mass is 16.1. The minimum Gasteiger partial charge on any atom is -0.369 e. The number of aromatic nitrogens is 1. The molecule has 0 aliphatic rings. The van der Waals surface area contributed by atoms with Crippen LogP contribution in [0.5, 0.6) is 0 Å². The molecule has 0 aliphatic carbocycles. The summed E-state index contributed by atoms with van der Waals surface area (Å²) in [5.74, 6) is 4.60. The fraction of sp³-hybridized carbons (Fsp3) is 0.100. The molecule has 0 atom stereocenters. The van der Waals surface area contributed by atoms with Gasteiger partial charge in [0.1, 0.15) is 11.6 Å². The molecule has 1 aromatic rings. The minimum atomic E-state index is -0.521. The van der Waals surface area contributed by atoms with Gasteiger partial charge < -0.3 is 10.7 Å². The maximum Gasteiger partial charge on any atom is 0.265 e. The summed E-state index contributed by atoms with van der Waals surface area (Å²) in [4.78, 5) is 23.7. The molecule has 0 fully saturated rings. The molecule has 1 rings (SSSR count). The molecule has 0 spiro atoms. The Bertz CT molecular complexity index is 540. The second-order valence-corrected chi connectivity index (χ2v) is 2.69. The standard InChI is InChI=1S/C10H7N3O2/c11-5-8-4-7(6-13-10(8)15)2-1-3-9(12)14/h4,6H,3H2,(H2,12,14)(H,13,15). The fourth-order valence-corrected chi connectivity index (χ4v) is 0.872.